The third-order valence-corrected chi connectivity index (χ3v) is 5.88. The molecule has 0 atom stereocenters. The largest absolute Gasteiger partial charge is 0.500 e. The van der Waals surface area contributed by atoms with E-state index in [1.165, 1.54) is 30.6 Å². The lowest BCUT2D eigenvalue weighted by Crippen LogP contribution is -2.18. The van der Waals surface area contributed by atoms with E-state index < -0.39 is 16.4 Å². The van der Waals surface area contributed by atoms with Crippen molar-refractivity contribution in [2.75, 3.05) is 7.11 Å². The number of ether oxygens (including phenoxy) is 1. The first-order valence-electron chi connectivity index (χ1n) is 8.61. The highest BCUT2D eigenvalue weighted by Gasteiger charge is 2.21. The third-order valence-electron chi connectivity index (χ3n) is 4.68. The van der Waals surface area contributed by atoms with Crippen LogP contribution < -0.4 is 10.3 Å². The minimum atomic E-state index is -0.716. The molecule has 2 heterocycles. The number of phenolic OH excluding ortho intramolecular Hbond substituents is 1. The quantitative estimate of drug-likeness (QED) is 0.408. The molecular weight excluding hydrogens is 384 g/mol. The first kappa shape index (κ1) is 18.1. The number of nitro benzene ring substituents is 1. The van der Waals surface area contributed by atoms with Crippen molar-refractivity contribution in [3.8, 4) is 11.5 Å². The molecule has 9 nitrogen and oxygen atoms in total. The molecule has 1 aliphatic rings. The molecule has 3 aromatic rings. The molecule has 0 aliphatic heterocycles. The molecule has 1 aromatic carbocycles. The Hall–Kier alpha value is -3.27. The molecule has 0 saturated heterocycles. The van der Waals surface area contributed by atoms with Gasteiger partial charge in [0.15, 0.2) is 5.75 Å². The maximum Gasteiger partial charge on any atom is 0.315 e. The zero-order chi connectivity index (χ0) is 19.8. The van der Waals surface area contributed by atoms with Gasteiger partial charge < -0.3 is 9.84 Å². The van der Waals surface area contributed by atoms with Crippen LogP contribution in [0.1, 0.15) is 28.8 Å². The molecule has 0 bridgehead atoms. The highest BCUT2D eigenvalue weighted by molar-refractivity contribution is 7.18. The van der Waals surface area contributed by atoms with Crippen molar-refractivity contribution in [2.24, 2.45) is 5.10 Å². The summed E-state index contributed by atoms with van der Waals surface area (Å²) >= 11 is 1.55. The van der Waals surface area contributed by atoms with Crippen molar-refractivity contribution in [1.82, 2.24) is 9.66 Å². The Morgan fingerprint density at radius 2 is 2.18 bits per heavy atom. The van der Waals surface area contributed by atoms with Gasteiger partial charge in [-0.1, -0.05) is 0 Å². The van der Waals surface area contributed by atoms with Crippen molar-refractivity contribution >= 4 is 33.5 Å². The minimum absolute atomic E-state index is 0.0523. The lowest BCUT2D eigenvalue weighted by atomic mass is 9.97. The predicted octanol–water partition coefficient (Wildman–Crippen LogP) is 2.84. The van der Waals surface area contributed by atoms with Crippen LogP contribution in [-0.2, 0) is 12.8 Å². The summed E-state index contributed by atoms with van der Waals surface area (Å²) in [6.45, 7) is 0. The molecule has 0 fully saturated rings. The van der Waals surface area contributed by atoms with Crippen LogP contribution in [0.4, 0.5) is 5.69 Å². The van der Waals surface area contributed by atoms with Gasteiger partial charge in [0, 0.05) is 16.5 Å². The predicted molar refractivity (Wildman–Crippen MR) is 105 cm³/mol. The van der Waals surface area contributed by atoms with Gasteiger partial charge in [0.25, 0.3) is 5.56 Å². The summed E-state index contributed by atoms with van der Waals surface area (Å²) in [5.41, 5.74) is 0.602. The van der Waals surface area contributed by atoms with Gasteiger partial charge in [-0.15, -0.1) is 11.3 Å². The molecule has 0 saturated carbocycles. The number of aromatic nitrogens is 2. The fourth-order valence-electron chi connectivity index (χ4n) is 3.33. The second-order valence-electron chi connectivity index (χ2n) is 6.38. The van der Waals surface area contributed by atoms with E-state index in [9.17, 15) is 20.0 Å². The number of methoxy groups -OCH3 is 1. The van der Waals surface area contributed by atoms with Crippen LogP contribution in [0.25, 0.3) is 10.2 Å². The maximum atomic E-state index is 12.9. The molecule has 0 spiro atoms. The van der Waals surface area contributed by atoms with Crippen LogP contribution in [0.15, 0.2) is 28.4 Å². The van der Waals surface area contributed by atoms with Crippen molar-refractivity contribution in [3.63, 3.8) is 0 Å². The van der Waals surface area contributed by atoms with Crippen molar-refractivity contribution < 1.29 is 14.8 Å². The topological polar surface area (TPSA) is 120 Å². The van der Waals surface area contributed by atoms with E-state index >= 15 is 0 Å². The second kappa shape index (κ2) is 7.04. The maximum absolute atomic E-state index is 12.9. The number of rotatable bonds is 4. The second-order valence-corrected chi connectivity index (χ2v) is 7.46. The molecule has 0 amide bonds. The Morgan fingerprint density at radius 3 is 2.93 bits per heavy atom. The van der Waals surface area contributed by atoms with Gasteiger partial charge >= 0.3 is 5.69 Å². The summed E-state index contributed by atoms with van der Waals surface area (Å²) in [7, 11) is 1.29. The molecule has 0 unspecified atom stereocenters. The highest BCUT2D eigenvalue weighted by Crippen LogP contribution is 2.36. The summed E-state index contributed by atoms with van der Waals surface area (Å²) in [5, 5.41) is 25.7. The van der Waals surface area contributed by atoms with Crippen LogP contribution >= 0.6 is 11.3 Å². The number of nitrogens with zero attached hydrogens (tertiary/aromatic N) is 4. The summed E-state index contributed by atoms with van der Waals surface area (Å²) in [6, 6.07) is 2.56. The van der Waals surface area contributed by atoms with Crippen LogP contribution in [0.2, 0.25) is 0 Å². The third kappa shape index (κ3) is 3.01. The Bertz CT molecular complexity index is 1180. The summed E-state index contributed by atoms with van der Waals surface area (Å²) in [4.78, 5) is 29.5. The Labute approximate surface area is 162 Å². The minimum Gasteiger partial charge on any atom is -0.500 e. The standard InChI is InChI=1S/C18H16N4O5S/c1-27-13-7-10(6-12(16(13)23)22(25)26)8-20-21-9-19-17-15(18(21)24)11-4-2-3-5-14(11)28-17/h6-9,23H,2-5H2,1H3. The van der Waals surface area contributed by atoms with Crippen molar-refractivity contribution in [3.05, 3.63) is 54.9 Å². The molecular formula is C18H16N4O5S. The smallest absolute Gasteiger partial charge is 0.315 e. The van der Waals surface area contributed by atoms with Crippen LogP contribution in [-0.4, -0.2) is 33.0 Å². The number of phenols is 1. The normalized spacial score (nSPS) is 13.8. The number of benzene rings is 1. The molecule has 10 heteroatoms. The SMILES string of the molecule is COc1cc(C=Nn2cnc3sc4c(c3c2=O)CCCC4)cc([N+](=O)[O-])c1O. The zero-order valence-electron chi connectivity index (χ0n) is 14.9. The Kier molecular flexibility index (Phi) is 4.55. The van der Waals surface area contributed by atoms with Gasteiger partial charge in [0.1, 0.15) is 11.2 Å². The number of aromatic hydroxyl groups is 1. The molecule has 144 valence electrons. The molecule has 4 rings (SSSR count). The summed E-state index contributed by atoms with van der Waals surface area (Å²) in [6.07, 6.45) is 6.64. The molecule has 1 N–H and O–H groups in total. The van der Waals surface area contributed by atoms with Gasteiger partial charge in [0.05, 0.1) is 23.6 Å². The van der Waals surface area contributed by atoms with E-state index in [-0.39, 0.29) is 11.3 Å². The van der Waals surface area contributed by atoms with Gasteiger partial charge in [-0.2, -0.15) is 9.78 Å². The summed E-state index contributed by atoms with van der Waals surface area (Å²) < 4.78 is 6.09. The fraction of sp³-hybridized carbons (Fsp3) is 0.278. The van der Waals surface area contributed by atoms with E-state index in [1.807, 2.05) is 0 Å². The monoisotopic (exact) mass is 400 g/mol. The molecule has 1 aliphatic carbocycles. The lowest BCUT2D eigenvalue weighted by molar-refractivity contribution is -0.386. The van der Waals surface area contributed by atoms with Crippen molar-refractivity contribution in [2.45, 2.75) is 25.7 Å². The molecule has 0 radical (unpaired) electrons. The lowest BCUT2D eigenvalue weighted by Gasteiger charge is -2.09. The number of hydrogen-bond donors (Lipinski definition) is 1. The Morgan fingerprint density at radius 1 is 1.39 bits per heavy atom. The number of nitro groups is 1. The van der Waals surface area contributed by atoms with Crippen LogP contribution in [0, 0.1) is 10.1 Å². The first-order valence-corrected chi connectivity index (χ1v) is 9.43. The van der Waals surface area contributed by atoms with E-state index in [4.69, 9.17) is 4.74 Å². The van der Waals surface area contributed by atoms with Gasteiger partial charge in [-0.05, 0) is 37.3 Å². The molecule has 2 aromatic heterocycles. The highest BCUT2D eigenvalue weighted by atomic mass is 32.1. The van der Waals surface area contributed by atoms with Crippen LogP contribution in [0.5, 0.6) is 11.5 Å². The van der Waals surface area contributed by atoms with E-state index in [1.54, 1.807) is 11.3 Å². The van der Waals surface area contributed by atoms with E-state index in [0.717, 1.165) is 42.0 Å². The van der Waals surface area contributed by atoms with Crippen molar-refractivity contribution in [1.29, 1.82) is 0 Å². The van der Waals surface area contributed by atoms with E-state index in [2.05, 4.69) is 10.1 Å². The van der Waals surface area contributed by atoms with Gasteiger partial charge in [-0.25, -0.2) is 4.98 Å². The van der Waals surface area contributed by atoms with E-state index in [0.29, 0.717) is 15.8 Å². The number of fused-ring (bicyclic) bond motifs is 3. The fourth-order valence-corrected chi connectivity index (χ4v) is 4.55. The number of aryl methyl sites for hydroxylation is 2. The zero-order valence-corrected chi connectivity index (χ0v) is 15.7. The number of hydrogen-bond acceptors (Lipinski definition) is 8. The molecule has 28 heavy (non-hydrogen) atoms. The average molecular weight is 400 g/mol. The summed E-state index contributed by atoms with van der Waals surface area (Å²) in [5.74, 6) is -0.613. The van der Waals surface area contributed by atoms with Crippen LogP contribution in [0.3, 0.4) is 0 Å². The van der Waals surface area contributed by atoms with Gasteiger partial charge in [-0.3, -0.25) is 14.9 Å². The Balaban J connectivity index is 1.77. The first-order chi connectivity index (χ1) is 13.5. The van der Waals surface area contributed by atoms with Gasteiger partial charge in [0.2, 0.25) is 5.75 Å². The number of thiophene rings is 1. The average Bonchev–Trinajstić information content (AvgIpc) is 3.07.